The van der Waals surface area contributed by atoms with Crippen LogP contribution in [0.2, 0.25) is 0 Å². The maximum absolute atomic E-state index is 12.5. The SMILES string of the molecule is CC(c1ccccc1)N1CC(C(=O)N[C@@H]2CC[C@H](C(=O)O)C2)CC1=O. The van der Waals surface area contributed by atoms with E-state index in [9.17, 15) is 14.4 Å². The number of carbonyl (C=O) groups is 3. The molecule has 2 N–H and O–H groups in total. The topological polar surface area (TPSA) is 86.7 Å². The Morgan fingerprint density at radius 2 is 1.92 bits per heavy atom. The molecular weight excluding hydrogens is 320 g/mol. The van der Waals surface area contributed by atoms with Crippen LogP contribution in [0.25, 0.3) is 0 Å². The summed E-state index contributed by atoms with van der Waals surface area (Å²) < 4.78 is 0. The minimum atomic E-state index is -0.796. The van der Waals surface area contributed by atoms with Gasteiger partial charge in [0.2, 0.25) is 11.8 Å². The lowest BCUT2D eigenvalue weighted by atomic mass is 10.1. The zero-order valence-electron chi connectivity index (χ0n) is 14.4. The van der Waals surface area contributed by atoms with E-state index in [1.54, 1.807) is 4.90 Å². The number of hydrogen-bond donors (Lipinski definition) is 2. The minimum absolute atomic E-state index is 0.00802. The zero-order valence-corrected chi connectivity index (χ0v) is 14.4. The first-order valence-corrected chi connectivity index (χ1v) is 8.83. The van der Waals surface area contributed by atoms with E-state index in [2.05, 4.69) is 5.32 Å². The number of benzene rings is 1. The molecule has 25 heavy (non-hydrogen) atoms. The second kappa shape index (κ2) is 7.25. The molecule has 2 aliphatic rings. The van der Waals surface area contributed by atoms with Crippen molar-refractivity contribution in [1.82, 2.24) is 10.2 Å². The van der Waals surface area contributed by atoms with Gasteiger partial charge in [-0.15, -0.1) is 0 Å². The summed E-state index contributed by atoms with van der Waals surface area (Å²) in [7, 11) is 0. The van der Waals surface area contributed by atoms with Gasteiger partial charge in [0, 0.05) is 19.0 Å². The Kier molecular flexibility index (Phi) is 5.06. The second-order valence-corrected chi connectivity index (χ2v) is 7.09. The van der Waals surface area contributed by atoms with E-state index in [0.717, 1.165) is 5.56 Å². The van der Waals surface area contributed by atoms with Gasteiger partial charge in [-0.2, -0.15) is 0 Å². The quantitative estimate of drug-likeness (QED) is 0.855. The number of nitrogens with one attached hydrogen (secondary N) is 1. The number of nitrogens with zero attached hydrogens (tertiary/aromatic N) is 1. The van der Waals surface area contributed by atoms with Crippen LogP contribution in [-0.4, -0.2) is 40.4 Å². The first kappa shape index (κ1) is 17.5. The molecule has 3 rings (SSSR count). The van der Waals surface area contributed by atoms with Crippen molar-refractivity contribution in [3.8, 4) is 0 Å². The first-order chi connectivity index (χ1) is 12.0. The van der Waals surface area contributed by atoms with Crippen molar-refractivity contribution in [2.75, 3.05) is 6.54 Å². The van der Waals surface area contributed by atoms with Crippen LogP contribution in [0, 0.1) is 11.8 Å². The fourth-order valence-electron chi connectivity index (χ4n) is 3.85. The number of carboxylic acids is 1. The molecule has 1 saturated heterocycles. The molecule has 2 fully saturated rings. The molecule has 1 heterocycles. The van der Waals surface area contributed by atoms with Crippen molar-refractivity contribution in [2.45, 2.75) is 44.7 Å². The Bertz CT molecular complexity index is 661. The molecule has 2 amide bonds. The van der Waals surface area contributed by atoms with Crippen LogP contribution in [0.1, 0.15) is 44.2 Å². The van der Waals surface area contributed by atoms with Gasteiger partial charge >= 0.3 is 5.97 Å². The van der Waals surface area contributed by atoms with Gasteiger partial charge in [-0.3, -0.25) is 14.4 Å². The van der Waals surface area contributed by atoms with E-state index >= 15 is 0 Å². The molecule has 4 atom stereocenters. The summed E-state index contributed by atoms with van der Waals surface area (Å²) in [5.74, 6) is -1.67. The van der Waals surface area contributed by atoms with Crippen molar-refractivity contribution in [2.24, 2.45) is 11.8 Å². The number of carbonyl (C=O) groups excluding carboxylic acids is 2. The Morgan fingerprint density at radius 1 is 1.20 bits per heavy atom. The third-order valence-electron chi connectivity index (χ3n) is 5.41. The van der Waals surface area contributed by atoms with Gasteiger partial charge in [0.05, 0.1) is 17.9 Å². The van der Waals surface area contributed by atoms with E-state index in [-0.39, 0.29) is 42.2 Å². The molecule has 1 aromatic carbocycles. The van der Waals surface area contributed by atoms with Crippen molar-refractivity contribution >= 4 is 17.8 Å². The maximum atomic E-state index is 12.5. The molecule has 0 radical (unpaired) electrons. The molecule has 134 valence electrons. The van der Waals surface area contributed by atoms with E-state index in [1.807, 2.05) is 37.3 Å². The second-order valence-electron chi connectivity index (χ2n) is 7.09. The lowest BCUT2D eigenvalue weighted by Crippen LogP contribution is -2.39. The molecule has 2 unspecified atom stereocenters. The molecule has 0 bridgehead atoms. The van der Waals surface area contributed by atoms with Crippen LogP contribution < -0.4 is 5.32 Å². The fraction of sp³-hybridized carbons (Fsp3) is 0.526. The van der Waals surface area contributed by atoms with Gasteiger partial charge < -0.3 is 15.3 Å². The highest BCUT2D eigenvalue weighted by Crippen LogP contribution is 2.30. The van der Waals surface area contributed by atoms with Gasteiger partial charge in [0.1, 0.15) is 0 Å². The summed E-state index contributed by atoms with van der Waals surface area (Å²) in [6, 6.07) is 9.62. The Hall–Kier alpha value is -2.37. The van der Waals surface area contributed by atoms with Crippen molar-refractivity contribution < 1.29 is 19.5 Å². The zero-order chi connectivity index (χ0) is 18.0. The van der Waals surface area contributed by atoms with Crippen molar-refractivity contribution in [3.63, 3.8) is 0 Å². The third-order valence-corrected chi connectivity index (χ3v) is 5.41. The average Bonchev–Trinajstić information content (AvgIpc) is 3.22. The highest BCUT2D eigenvalue weighted by molar-refractivity contribution is 5.89. The molecule has 1 saturated carbocycles. The summed E-state index contributed by atoms with van der Waals surface area (Å²) in [5, 5.41) is 12.0. The number of aliphatic carboxylic acids is 1. The van der Waals surface area contributed by atoms with Gasteiger partial charge in [-0.05, 0) is 31.7 Å². The third kappa shape index (κ3) is 3.83. The first-order valence-electron chi connectivity index (χ1n) is 8.83. The lowest BCUT2D eigenvalue weighted by molar-refractivity contribution is -0.141. The van der Waals surface area contributed by atoms with E-state index < -0.39 is 5.97 Å². The molecule has 0 spiro atoms. The van der Waals surface area contributed by atoms with E-state index in [0.29, 0.717) is 25.8 Å². The summed E-state index contributed by atoms with van der Waals surface area (Å²) >= 11 is 0. The van der Waals surface area contributed by atoms with Crippen molar-refractivity contribution in [1.29, 1.82) is 0 Å². The number of hydrogen-bond acceptors (Lipinski definition) is 3. The summed E-state index contributed by atoms with van der Waals surface area (Å²) in [6.45, 7) is 2.39. The largest absolute Gasteiger partial charge is 0.481 e. The number of rotatable bonds is 5. The van der Waals surface area contributed by atoms with Gasteiger partial charge in [0.15, 0.2) is 0 Å². The molecular formula is C19H24N2O4. The van der Waals surface area contributed by atoms with Gasteiger partial charge in [0.25, 0.3) is 0 Å². The van der Waals surface area contributed by atoms with Gasteiger partial charge in [-0.25, -0.2) is 0 Å². The summed E-state index contributed by atoms with van der Waals surface area (Å²) in [4.78, 5) is 37.6. The molecule has 1 aliphatic heterocycles. The lowest BCUT2D eigenvalue weighted by Gasteiger charge is -2.25. The van der Waals surface area contributed by atoms with Crippen LogP contribution in [-0.2, 0) is 14.4 Å². The number of amides is 2. The molecule has 1 aliphatic carbocycles. The molecule has 1 aromatic rings. The van der Waals surface area contributed by atoms with Crippen LogP contribution >= 0.6 is 0 Å². The standard InChI is InChI=1S/C19H24N2O4/c1-12(13-5-3-2-4-6-13)21-11-15(10-17(21)22)18(23)20-16-8-7-14(9-16)19(24)25/h2-6,12,14-16H,7-11H2,1H3,(H,20,23)(H,24,25)/t12?,14-,15?,16+/m0/s1. The molecule has 6 heteroatoms. The van der Waals surface area contributed by atoms with Crippen molar-refractivity contribution in [3.05, 3.63) is 35.9 Å². The predicted octanol–water partition coefficient (Wildman–Crippen LogP) is 1.97. The fourth-order valence-corrected chi connectivity index (χ4v) is 3.85. The molecule has 6 nitrogen and oxygen atoms in total. The minimum Gasteiger partial charge on any atom is -0.481 e. The van der Waals surface area contributed by atoms with E-state index in [4.69, 9.17) is 5.11 Å². The Labute approximate surface area is 147 Å². The summed E-state index contributed by atoms with van der Waals surface area (Å²) in [6.07, 6.45) is 1.98. The average molecular weight is 344 g/mol. The van der Waals surface area contributed by atoms with Crippen LogP contribution in [0.3, 0.4) is 0 Å². The monoisotopic (exact) mass is 344 g/mol. The number of likely N-dealkylation sites (tertiary alicyclic amines) is 1. The molecule has 0 aromatic heterocycles. The Morgan fingerprint density at radius 3 is 2.56 bits per heavy atom. The van der Waals surface area contributed by atoms with Crippen LogP contribution in [0.5, 0.6) is 0 Å². The highest BCUT2D eigenvalue weighted by atomic mass is 16.4. The van der Waals surface area contributed by atoms with E-state index in [1.165, 1.54) is 0 Å². The van der Waals surface area contributed by atoms with Crippen LogP contribution in [0.15, 0.2) is 30.3 Å². The van der Waals surface area contributed by atoms with Gasteiger partial charge in [-0.1, -0.05) is 30.3 Å². The smallest absolute Gasteiger partial charge is 0.306 e. The Balaban J connectivity index is 1.57. The highest BCUT2D eigenvalue weighted by Gasteiger charge is 2.38. The predicted molar refractivity (Wildman–Crippen MR) is 91.6 cm³/mol. The normalized spacial score (nSPS) is 27.3. The number of carboxylic acid groups (broad SMARTS) is 1. The van der Waals surface area contributed by atoms with Crippen LogP contribution in [0.4, 0.5) is 0 Å². The summed E-state index contributed by atoms with van der Waals surface area (Å²) in [5.41, 5.74) is 1.05. The maximum Gasteiger partial charge on any atom is 0.306 e.